The fourth-order valence-corrected chi connectivity index (χ4v) is 4.01. The Labute approximate surface area is 110 Å². The first-order chi connectivity index (χ1) is 8.32. The van der Waals surface area contributed by atoms with E-state index in [0.29, 0.717) is 31.0 Å². The highest BCUT2D eigenvalue weighted by Gasteiger charge is 2.57. The molecule has 0 bridgehead atoms. The van der Waals surface area contributed by atoms with Crippen LogP contribution in [0, 0.1) is 11.3 Å². The Morgan fingerprint density at radius 3 is 2.83 bits per heavy atom. The Kier molecular flexibility index (Phi) is 4.02. The number of rotatable bonds is 5. The van der Waals surface area contributed by atoms with Gasteiger partial charge in [0.25, 0.3) is 0 Å². The zero-order chi connectivity index (χ0) is 13.4. The zero-order valence-electron chi connectivity index (χ0n) is 11.2. The normalized spacial score (nSPS) is 34.7. The van der Waals surface area contributed by atoms with Crippen LogP contribution in [0.2, 0.25) is 0 Å². The largest absolute Gasteiger partial charge is 0.377 e. The molecule has 1 heterocycles. The number of sulfonamides is 1. The lowest BCUT2D eigenvalue weighted by Crippen LogP contribution is -2.69. The van der Waals surface area contributed by atoms with Gasteiger partial charge in [-0.2, -0.15) is 0 Å². The molecule has 3 N–H and O–H groups in total. The van der Waals surface area contributed by atoms with Crippen LogP contribution in [0.25, 0.3) is 0 Å². The van der Waals surface area contributed by atoms with Crippen molar-refractivity contribution in [3.8, 4) is 0 Å². The lowest BCUT2D eigenvalue weighted by Gasteiger charge is -2.60. The molecule has 0 amide bonds. The van der Waals surface area contributed by atoms with E-state index >= 15 is 0 Å². The summed E-state index contributed by atoms with van der Waals surface area (Å²) in [6.07, 6.45) is 3.28. The van der Waals surface area contributed by atoms with Crippen molar-refractivity contribution in [1.82, 2.24) is 5.32 Å². The summed E-state index contributed by atoms with van der Waals surface area (Å²) in [6, 6.07) is 0.434. The molecule has 18 heavy (non-hydrogen) atoms. The average Bonchev–Trinajstić information content (AvgIpc) is 2.27. The molecule has 3 atom stereocenters. The highest BCUT2D eigenvalue weighted by atomic mass is 32.2. The first-order valence-electron chi connectivity index (χ1n) is 6.68. The maximum atomic E-state index is 10.8. The van der Waals surface area contributed by atoms with E-state index in [1.807, 2.05) is 0 Å². The Morgan fingerprint density at radius 1 is 1.44 bits per heavy atom. The minimum Gasteiger partial charge on any atom is -0.377 e. The van der Waals surface area contributed by atoms with E-state index in [0.717, 1.165) is 13.0 Å². The van der Waals surface area contributed by atoms with Crippen molar-refractivity contribution in [2.24, 2.45) is 16.5 Å². The minimum atomic E-state index is -3.33. The van der Waals surface area contributed by atoms with Crippen LogP contribution in [0.1, 0.15) is 33.1 Å². The van der Waals surface area contributed by atoms with E-state index in [-0.39, 0.29) is 11.2 Å². The second kappa shape index (κ2) is 5.07. The molecule has 2 rings (SSSR count). The smallest absolute Gasteiger partial charge is 0.209 e. The molecule has 5 nitrogen and oxygen atoms in total. The van der Waals surface area contributed by atoms with E-state index in [4.69, 9.17) is 9.88 Å². The van der Waals surface area contributed by atoms with Gasteiger partial charge in [-0.15, -0.1) is 0 Å². The maximum Gasteiger partial charge on any atom is 0.209 e. The van der Waals surface area contributed by atoms with E-state index in [9.17, 15) is 8.42 Å². The van der Waals surface area contributed by atoms with Crippen molar-refractivity contribution in [1.29, 1.82) is 0 Å². The Morgan fingerprint density at radius 2 is 2.17 bits per heavy atom. The van der Waals surface area contributed by atoms with E-state index < -0.39 is 10.0 Å². The van der Waals surface area contributed by atoms with Crippen molar-refractivity contribution in [3.63, 3.8) is 0 Å². The van der Waals surface area contributed by atoms with Gasteiger partial charge in [-0.05, 0) is 25.8 Å². The summed E-state index contributed by atoms with van der Waals surface area (Å²) < 4.78 is 27.5. The molecule has 6 heteroatoms. The molecule has 0 aromatic heterocycles. The van der Waals surface area contributed by atoms with Crippen molar-refractivity contribution in [3.05, 3.63) is 0 Å². The number of hydrogen-bond donors (Lipinski definition) is 2. The molecule has 3 unspecified atom stereocenters. The molecular formula is C12H24N2O3S. The topological polar surface area (TPSA) is 81.4 Å². The van der Waals surface area contributed by atoms with Gasteiger partial charge in [-0.1, -0.05) is 13.8 Å². The lowest BCUT2D eigenvalue weighted by molar-refractivity contribution is -0.192. The molecule has 1 saturated carbocycles. The van der Waals surface area contributed by atoms with Gasteiger partial charge >= 0.3 is 0 Å². The van der Waals surface area contributed by atoms with E-state index in [1.165, 1.54) is 6.42 Å². The van der Waals surface area contributed by atoms with Gasteiger partial charge in [0.05, 0.1) is 11.9 Å². The Bertz CT molecular complexity index is 394. The van der Waals surface area contributed by atoms with Crippen LogP contribution in [0.15, 0.2) is 0 Å². The molecule has 1 aliphatic carbocycles. The molecule has 2 aliphatic rings. The third-order valence-electron chi connectivity index (χ3n) is 4.30. The first-order valence-corrected chi connectivity index (χ1v) is 8.39. The van der Waals surface area contributed by atoms with Gasteiger partial charge < -0.3 is 10.1 Å². The van der Waals surface area contributed by atoms with Gasteiger partial charge in [0.15, 0.2) is 0 Å². The van der Waals surface area contributed by atoms with Crippen molar-refractivity contribution in [2.75, 3.05) is 18.9 Å². The second-order valence-corrected chi connectivity index (χ2v) is 7.81. The molecule has 1 aliphatic heterocycles. The fraction of sp³-hybridized carbons (Fsp3) is 1.00. The first kappa shape index (κ1) is 14.2. The molecule has 0 radical (unpaired) electrons. The molecule has 0 spiro atoms. The number of hydrogen-bond acceptors (Lipinski definition) is 4. The van der Waals surface area contributed by atoms with Crippen molar-refractivity contribution < 1.29 is 13.2 Å². The summed E-state index contributed by atoms with van der Waals surface area (Å²) in [5.41, 5.74) is 0.146. The zero-order valence-corrected chi connectivity index (χ0v) is 12.0. The highest BCUT2D eigenvalue weighted by Crippen LogP contribution is 2.51. The van der Waals surface area contributed by atoms with Crippen molar-refractivity contribution >= 4 is 10.0 Å². The van der Waals surface area contributed by atoms with Crippen LogP contribution < -0.4 is 10.5 Å². The van der Waals surface area contributed by atoms with Crippen LogP contribution in [0.5, 0.6) is 0 Å². The monoisotopic (exact) mass is 276 g/mol. The maximum absolute atomic E-state index is 10.8. The Hall–Kier alpha value is -0.170. The SMILES string of the molecule is CC1(C)C(NCCCS(N)(=O)=O)C2CCCOC21. The average molecular weight is 276 g/mol. The molecule has 106 valence electrons. The third-order valence-corrected chi connectivity index (χ3v) is 5.16. The van der Waals surface area contributed by atoms with Gasteiger partial charge in [-0.3, -0.25) is 0 Å². The van der Waals surface area contributed by atoms with Crippen LogP contribution in [0.4, 0.5) is 0 Å². The third kappa shape index (κ3) is 2.87. The second-order valence-electron chi connectivity index (χ2n) is 6.07. The van der Waals surface area contributed by atoms with Gasteiger partial charge in [0, 0.05) is 24.0 Å². The van der Waals surface area contributed by atoms with Crippen LogP contribution in [-0.4, -0.2) is 39.5 Å². The molecule has 0 aromatic carbocycles. The number of fused-ring (bicyclic) bond motifs is 1. The number of ether oxygens (including phenoxy) is 1. The number of nitrogens with two attached hydrogens (primary N) is 1. The van der Waals surface area contributed by atoms with Gasteiger partial charge in [-0.25, -0.2) is 13.6 Å². The Balaban J connectivity index is 1.79. The minimum absolute atomic E-state index is 0.0533. The number of primary sulfonamides is 1. The summed E-state index contributed by atoms with van der Waals surface area (Å²) in [7, 11) is -3.33. The quantitative estimate of drug-likeness (QED) is 0.715. The summed E-state index contributed by atoms with van der Waals surface area (Å²) in [5, 5.41) is 8.46. The molecular weight excluding hydrogens is 252 g/mol. The van der Waals surface area contributed by atoms with Crippen molar-refractivity contribution in [2.45, 2.75) is 45.3 Å². The van der Waals surface area contributed by atoms with Gasteiger partial charge in [0.2, 0.25) is 10.0 Å². The standard InChI is InChI=1S/C12H24N2O3S/c1-12(2)10(9-5-3-7-17-11(9)12)14-6-4-8-18(13,15)16/h9-11,14H,3-8H2,1-2H3,(H2,13,15,16). The highest BCUT2D eigenvalue weighted by molar-refractivity contribution is 7.89. The number of nitrogens with one attached hydrogen (secondary N) is 1. The van der Waals surface area contributed by atoms with Crippen LogP contribution >= 0.6 is 0 Å². The van der Waals surface area contributed by atoms with E-state index in [1.54, 1.807) is 0 Å². The summed E-state index contributed by atoms with van der Waals surface area (Å²) >= 11 is 0. The predicted octanol–water partition coefficient (Wildman–Crippen LogP) is 0.458. The predicted molar refractivity (Wildman–Crippen MR) is 70.6 cm³/mol. The fourth-order valence-electron chi connectivity index (χ4n) is 3.47. The summed E-state index contributed by atoms with van der Waals surface area (Å²) in [5.74, 6) is 0.640. The molecule has 2 fully saturated rings. The summed E-state index contributed by atoms with van der Waals surface area (Å²) in [4.78, 5) is 0. The summed E-state index contributed by atoms with van der Waals surface area (Å²) in [6.45, 7) is 6.02. The van der Waals surface area contributed by atoms with Crippen LogP contribution in [0.3, 0.4) is 0 Å². The van der Waals surface area contributed by atoms with E-state index in [2.05, 4.69) is 19.2 Å². The van der Waals surface area contributed by atoms with Crippen LogP contribution in [-0.2, 0) is 14.8 Å². The molecule has 0 aromatic rings. The molecule has 1 saturated heterocycles. The van der Waals surface area contributed by atoms with Gasteiger partial charge in [0.1, 0.15) is 0 Å². The lowest BCUT2D eigenvalue weighted by atomic mass is 9.55.